The van der Waals surface area contributed by atoms with Gasteiger partial charge >= 0.3 is 0 Å². The van der Waals surface area contributed by atoms with Crippen molar-refractivity contribution >= 4 is 44.2 Å². The minimum Gasteiger partial charge on any atom is -0.324 e. The van der Waals surface area contributed by atoms with Crippen molar-refractivity contribution in [2.45, 2.75) is 6.92 Å². The molecule has 0 bridgehead atoms. The molecule has 6 nitrogen and oxygen atoms in total. The van der Waals surface area contributed by atoms with E-state index in [0.29, 0.717) is 11.6 Å². The summed E-state index contributed by atoms with van der Waals surface area (Å²) in [6, 6.07) is 20.4. The molecule has 0 amide bonds. The number of nitrogens with one attached hydrogen (secondary N) is 1. The number of hydrogen-bond acceptors (Lipinski definition) is 5. The van der Waals surface area contributed by atoms with Gasteiger partial charge in [-0.1, -0.05) is 52.3 Å². The molecular formula is C21H15BrN4O2. The Kier molecular flexibility index (Phi) is 4.75. The zero-order chi connectivity index (χ0) is 19.7. The molecular weight excluding hydrogens is 420 g/mol. The summed E-state index contributed by atoms with van der Waals surface area (Å²) in [6.07, 6.45) is 0. The van der Waals surface area contributed by atoms with E-state index in [0.717, 1.165) is 32.2 Å². The molecule has 1 aromatic heterocycles. The van der Waals surface area contributed by atoms with Crippen molar-refractivity contribution in [2.24, 2.45) is 0 Å². The Bertz CT molecular complexity index is 1200. The van der Waals surface area contributed by atoms with Crippen molar-refractivity contribution in [3.63, 3.8) is 0 Å². The molecule has 3 aromatic carbocycles. The predicted octanol–water partition coefficient (Wildman–Crippen LogP) is 6.02. The number of benzene rings is 3. The molecule has 0 aliphatic carbocycles. The third-order valence-corrected chi connectivity index (χ3v) is 4.88. The average Bonchev–Trinajstić information content (AvgIpc) is 2.70. The van der Waals surface area contributed by atoms with E-state index in [9.17, 15) is 10.1 Å². The minimum atomic E-state index is -0.418. The van der Waals surface area contributed by atoms with E-state index in [4.69, 9.17) is 4.98 Å². The summed E-state index contributed by atoms with van der Waals surface area (Å²) in [4.78, 5) is 20.0. The van der Waals surface area contributed by atoms with Crippen LogP contribution in [0.2, 0.25) is 0 Å². The van der Waals surface area contributed by atoms with Gasteiger partial charge in [0, 0.05) is 27.6 Å². The first kappa shape index (κ1) is 18.1. The molecule has 0 unspecified atom stereocenters. The fourth-order valence-corrected chi connectivity index (χ4v) is 3.31. The predicted molar refractivity (Wildman–Crippen MR) is 114 cm³/mol. The van der Waals surface area contributed by atoms with E-state index in [1.165, 1.54) is 12.1 Å². The van der Waals surface area contributed by atoms with Gasteiger partial charge in [0.1, 0.15) is 0 Å². The quantitative estimate of drug-likeness (QED) is 0.313. The molecule has 0 radical (unpaired) electrons. The third kappa shape index (κ3) is 3.57. The number of anilines is 2. The SMILES string of the molecule is Cc1ccc([N+](=O)[O-])cc1Nc1nc(-c2ccccc2)c2cc(Br)ccc2n1. The maximum absolute atomic E-state index is 11.1. The van der Waals surface area contributed by atoms with Gasteiger partial charge in [0.05, 0.1) is 21.8 Å². The first-order valence-electron chi connectivity index (χ1n) is 8.56. The number of nitrogens with zero attached hydrogens (tertiary/aromatic N) is 3. The minimum absolute atomic E-state index is 0.0149. The lowest BCUT2D eigenvalue weighted by molar-refractivity contribution is -0.384. The molecule has 0 spiro atoms. The lowest BCUT2D eigenvalue weighted by Gasteiger charge is -2.12. The van der Waals surface area contributed by atoms with Crippen LogP contribution in [0.1, 0.15) is 5.56 Å². The first-order valence-corrected chi connectivity index (χ1v) is 9.35. The van der Waals surface area contributed by atoms with Gasteiger partial charge in [0.25, 0.3) is 5.69 Å². The van der Waals surface area contributed by atoms with Crippen LogP contribution in [-0.4, -0.2) is 14.9 Å². The average molecular weight is 435 g/mol. The van der Waals surface area contributed by atoms with Crippen molar-refractivity contribution in [3.05, 3.63) is 86.9 Å². The summed E-state index contributed by atoms with van der Waals surface area (Å²) in [6.45, 7) is 1.88. The topological polar surface area (TPSA) is 81.0 Å². The number of aryl methyl sites for hydroxylation is 1. The highest BCUT2D eigenvalue weighted by atomic mass is 79.9. The van der Waals surface area contributed by atoms with E-state index in [1.54, 1.807) is 6.07 Å². The second-order valence-corrected chi connectivity index (χ2v) is 7.22. The van der Waals surface area contributed by atoms with Crippen LogP contribution in [0.25, 0.3) is 22.2 Å². The van der Waals surface area contributed by atoms with E-state index < -0.39 is 4.92 Å². The molecule has 0 saturated heterocycles. The molecule has 1 heterocycles. The molecule has 4 rings (SSSR count). The number of fused-ring (bicyclic) bond motifs is 1. The fourth-order valence-electron chi connectivity index (χ4n) is 2.95. The molecule has 7 heteroatoms. The molecule has 0 fully saturated rings. The smallest absolute Gasteiger partial charge is 0.271 e. The second kappa shape index (κ2) is 7.36. The maximum Gasteiger partial charge on any atom is 0.271 e. The van der Waals surface area contributed by atoms with Crippen molar-refractivity contribution in [3.8, 4) is 11.3 Å². The van der Waals surface area contributed by atoms with Crippen LogP contribution in [0.4, 0.5) is 17.3 Å². The Labute approximate surface area is 169 Å². The zero-order valence-electron chi connectivity index (χ0n) is 14.9. The van der Waals surface area contributed by atoms with Crippen LogP contribution in [0.5, 0.6) is 0 Å². The number of rotatable bonds is 4. The summed E-state index contributed by atoms with van der Waals surface area (Å²) in [5.74, 6) is 0.386. The van der Waals surface area contributed by atoms with Crippen LogP contribution in [0.15, 0.2) is 71.2 Å². The van der Waals surface area contributed by atoms with Gasteiger partial charge in [-0.2, -0.15) is 0 Å². The van der Waals surface area contributed by atoms with Gasteiger partial charge in [-0.3, -0.25) is 10.1 Å². The van der Waals surface area contributed by atoms with Crippen LogP contribution < -0.4 is 5.32 Å². The molecule has 28 heavy (non-hydrogen) atoms. The summed E-state index contributed by atoms with van der Waals surface area (Å²) >= 11 is 3.51. The highest BCUT2D eigenvalue weighted by Crippen LogP contribution is 2.31. The van der Waals surface area contributed by atoms with Gasteiger partial charge in [-0.25, -0.2) is 9.97 Å². The monoisotopic (exact) mass is 434 g/mol. The van der Waals surface area contributed by atoms with Gasteiger partial charge in [-0.15, -0.1) is 0 Å². The van der Waals surface area contributed by atoms with E-state index in [-0.39, 0.29) is 5.69 Å². The molecule has 1 N–H and O–H groups in total. The van der Waals surface area contributed by atoms with Gasteiger partial charge in [0.2, 0.25) is 5.95 Å². The molecule has 0 atom stereocenters. The summed E-state index contributed by atoms with van der Waals surface area (Å²) in [5, 5.41) is 15.2. The third-order valence-electron chi connectivity index (χ3n) is 4.38. The number of non-ortho nitro benzene ring substituents is 1. The van der Waals surface area contributed by atoms with Crippen molar-refractivity contribution < 1.29 is 4.92 Å². The van der Waals surface area contributed by atoms with Crippen molar-refractivity contribution in [1.29, 1.82) is 0 Å². The summed E-state index contributed by atoms with van der Waals surface area (Å²) in [7, 11) is 0. The highest BCUT2D eigenvalue weighted by Gasteiger charge is 2.13. The summed E-state index contributed by atoms with van der Waals surface area (Å²) in [5.41, 5.74) is 4.02. The van der Waals surface area contributed by atoms with Gasteiger partial charge < -0.3 is 5.32 Å². The first-order chi connectivity index (χ1) is 13.5. The standard InChI is InChI=1S/C21H15BrN4O2/c1-13-7-9-16(26(27)28)12-19(13)24-21-23-18-10-8-15(22)11-17(18)20(25-21)14-5-3-2-4-6-14/h2-12H,1H3,(H,23,24,25). The number of nitro groups is 1. The number of hydrogen-bond donors (Lipinski definition) is 1. The number of nitro benzene ring substituents is 1. The van der Waals surface area contributed by atoms with Crippen molar-refractivity contribution in [1.82, 2.24) is 9.97 Å². The van der Waals surface area contributed by atoms with Crippen molar-refractivity contribution in [2.75, 3.05) is 5.32 Å². The lowest BCUT2D eigenvalue weighted by atomic mass is 10.1. The van der Waals surface area contributed by atoms with E-state index in [2.05, 4.69) is 26.2 Å². The molecule has 0 aliphatic rings. The van der Waals surface area contributed by atoms with Crippen LogP contribution in [0, 0.1) is 17.0 Å². The molecule has 4 aromatic rings. The van der Waals surface area contributed by atoms with Crippen LogP contribution >= 0.6 is 15.9 Å². The lowest BCUT2D eigenvalue weighted by Crippen LogP contribution is -2.02. The van der Waals surface area contributed by atoms with Gasteiger partial charge in [-0.05, 0) is 30.7 Å². The Balaban J connectivity index is 1.86. The maximum atomic E-state index is 11.1. The van der Waals surface area contributed by atoms with E-state index >= 15 is 0 Å². The Morgan fingerprint density at radius 1 is 1.00 bits per heavy atom. The van der Waals surface area contributed by atoms with Crippen LogP contribution in [0.3, 0.4) is 0 Å². The highest BCUT2D eigenvalue weighted by molar-refractivity contribution is 9.10. The molecule has 0 saturated carbocycles. The molecule has 0 aliphatic heterocycles. The Hall–Kier alpha value is -3.32. The summed E-state index contributed by atoms with van der Waals surface area (Å²) < 4.78 is 0.941. The Morgan fingerprint density at radius 3 is 2.54 bits per heavy atom. The largest absolute Gasteiger partial charge is 0.324 e. The van der Waals surface area contributed by atoms with E-state index in [1.807, 2.05) is 55.5 Å². The number of aromatic nitrogens is 2. The zero-order valence-corrected chi connectivity index (χ0v) is 16.5. The fraction of sp³-hybridized carbons (Fsp3) is 0.0476. The number of halogens is 1. The Morgan fingerprint density at radius 2 is 1.79 bits per heavy atom. The second-order valence-electron chi connectivity index (χ2n) is 6.30. The van der Waals surface area contributed by atoms with Crippen LogP contribution in [-0.2, 0) is 0 Å². The normalized spacial score (nSPS) is 10.8. The molecule has 138 valence electrons. The van der Waals surface area contributed by atoms with Gasteiger partial charge in [0.15, 0.2) is 0 Å².